The zero-order valence-corrected chi connectivity index (χ0v) is 13.8. The molecule has 0 atom stereocenters. The van der Waals surface area contributed by atoms with Crippen LogP contribution in [0.25, 0.3) is 0 Å². The van der Waals surface area contributed by atoms with Gasteiger partial charge >= 0.3 is 0 Å². The summed E-state index contributed by atoms with van der Waals surface area (Å²) in [6.07, 6.45) is 0. The molecule has 1 aromatic carbocycles. The molecule has 2 aromatic rings. The number of rotatable bonds is 6. The molecule has 22 heavy (non-hydrogen) atoms. The van der Waals surface area contributed by atoms with Gasteiger partial charge in [0.2, 0.25) is 0 Å². The van der Waals surface area contributed by atoms with Crippen molar-refractivity contribution in [3.05, 3.63) is 51.7 Å². The fourth-order valence-electron chi connectivity index (χ4n) is 1.93. The highest BCUT2D eigenvalue weighted by Gasteiger charge is 2.12. The molecule has 0 radical (unpaired) electrons. The van der Waals surface area contributed by atoms with E-state index in [1.807, 2.05) is 18.4 Å². The highest BCUT2D eigenvalue weighted by atomic mass is 32.1. The number of amides is 1. The lowest BCUT2D eigenvalue weighted by Crippen LogP contribution is -2.30. The van der Waals surface area contributed by atoms with E-state index in [4.69, 9.17) is 4.74 Å². The van der Waals surface area contributed by atoms with Crippen molar-refractivity contribution in [3.63, 3.8) is 0 Å². The molecule has 0 saturated carbocycles. The zero-order chi connectivity index (χ0) is 16.1. The van der Waals surface area contributed by atoms with E-state index in [0.29, 0.717) is 17.9 Å². The number of carbonyl (C=O) groups is 2. The largest absolute Gasteiger partial charge is 0.484 e. The molecule has 1 aromatic heterocycles. The van der Waals surface area contributed by atoms with Crippen LogP contribution in [0.4, 0.5) is 0 Å². The Morgan fingerprint density at radius 3 is 2.68 bits per heavy atom. The summed E-state index contributed by atoms with van der Waals surface area (Å²) in [5.41, 5.74) is 1.77. The molecule has 1 heterocycles. The Morgan fingerprint density at radius 1 is 1.27 bits per heavy atom. The van der Waals surface area contributed by atoms with E-state index >= 15 is 0 Å². The molecule has 1 amide bonds. The van der Waals surface area contributed by atoms with Crippen LogP contribution in [0.2, 0.25) is 0 Å². The molecular formula is C17H19NO3S. The molecule has 2 rings (SSSR count). The van der Waals surface area contributed by atoms with Crippen molar-refractivity contribution in [1.29, 1.82) is 0 Å². The van der Waals surface area contributed by atoms with Crippen molar-refractivity contribution in [2.24, 2.45) is 0 Å². The number of nitrogens with zero attached hydrogens (tertiary/aromatic N) is 1. The number of hydrogen-bond donors (Lipinski definition) is 0. The molecule has 0 aliphatic rings. The maximum Gasteiger partial charge on any atom is 0.260 e. The summed E-state index contributed by atoms with van der Waals surface area (Å²) in [6.45, 7) is 4.08. The van der Waals surface area contributed by atoms with E-state index in [1.165, 1.54) is 17.4 Å². The van der Waals surface area contributed by atoms with Crippen molar-refractivity contribution < 1.29 is 14.3 Å². The normalized spacial score (nSPS) is 10.3. The SMILES string of the molecule is CC(=O)c1cccc(OCC(=O)N(C)Cc2sccc2C)c1. The van der Waals surface area contributed by atoms with Crippen LogP contribution in [0.3, 0.4) is 0 Å². The van der Waals surface area contributed by atoms with Crippen molar-refractivity contribution in [2.45, 2.75) is 20.4 Å². The molecule has 0 fully saturated rings. The number of likely N-dealkylation sites (N-methyl/N-ethyl adjacent to an activating group) is 1. The monoisotopic (exact) mass is 317 g/mol. The third kappa shape index (κ3) is 4.18. The van der Waals surface area contributed by atoms with Gasteiger partial charge in [-0.3, -0.25) is 9.59 Å². The van der Waals surface area contributed by atoms with E-state index in [9.17, 15) is 9.59 Å². The number of carbonyl (C=O) groups excluding carboxylic acids is 2. The van der Waals surface area contributed by atoms with Crippen LogP contribution in [0.5, 0.6) is 5.75 Å². The summed E-state index contributed by atoms with van der Waals surface area (Å²) in [5, 5.41) is 2.02. The second kappa shape index (κ2) is 7.22. The van der Waals surface area contributed by atoms with E-state index in [-0.39, 0.29) is 18.3 Å². The second-order valence-electron chi connectivity index (χ2n) is 5.15. The molecule has 4 nitrogen and oxygen atoms in total. The number of hydrogen-bond acceptors (Lipinski definition) is 4. The van der Waals surface area contributed by atoms with Gasteiger partial charge in [-0.2, -0.15) is 0 Å². The van der Waals surface area contributed by atoms with E-state index in [2.05, 4.69) is 0 Å². The number of benzene rings is 1. The highest BCUT2D eigenvalue weighted by Crippen LogP contribution is 2.18. The summed E-state index contributed by atoms with van der Waals surface area (Å²) in [7, 11) is 1.76. The first-order valence-electron chi connectivity index (χ1n) is 6.98. The first-order chi connectivity index (χ1) is 10.5. The van der Waals surface area contributed by atoms with Crippen molar-refractivity contribution in [3.8, 4) is 5.75 Å². The fraction of sp³-hybridized carbons (Fsp3) is 0.294. The Labute approximate surface area is 134 Å². The van der Waals surface area contributed by atoms with Crippen molar-refractivity contribution >= 4 is 23.0 Å². The van der Waals surface area contributed by atoms with Gasteiger partial charge in [0.15, 0.2) is 12.4 Å². The van der Waals surface area contributed by atoms with Gasteiger partial charge in [-0.25, -0.2) is 0 Å². The van der Waals surface area contributed by atoms with E-state index in [1.54, 1.807) is 47.5 Å². The number of ketones is 1. The first-order valence-corrected chi connectivity index (χ1v) is 7.86. The van der Waals surface area contributed by atoms with Crippen LogP contribution in [0.1, 0.15) is 27.7 Å². The molecule has 116 valence electrons. The second-order valence-corrected chi connectivity index (χ2v) is 6.15. The summed E-state index contributed by atoms with van der Waals surface area (Å²) in [5.74, 6) is 0.407. The predicted octanol–water partition coefficient (Wildman–Crippen LogP) is 3.30. The standard InChI is InChI=1S/C17H19NO3S/c1-12-7-8-22-16(12)10-18(3)17(20)11-21-15-6-4-5-14(9-15)13(2)19/h4-9H,10-11H2,1-3H3. The lowest BCUT2D eigenvalue weighted by molar-refractivity contribution is -0.132. The Hall–Kier alpha value is -2.14. The highest BCUT2D eigenvalue weighted by molar-refractivity contribution is 7.10. The maximum atomic E-state index is 12.1. The van der Waals surface area contributed by atoms with Gasteiger partial charge in [0.1, 0.15) is 5.75 Å². The summed E-state index contributed by atoms with van der Waals surface area (Å²) < 4.78 is 5.49. The zero-order valence-electron chi connectivity index (χ0n) is 13.0. The topological polar surface area (TPSA) is 46.6 Å². The Kier molecular flexibility index (Phi) is 5.33. The number of thiophene rings is 1. The smallest absolute Gasteiger partial charge is 0.260 e. The number of aryl methyl sites for hydroxylation is 1. The van der Waals surface area contributed by atoms with Crippen LogP contribution in [0, 0.1) is 6.92 Å². The third-order valence-electron chi connectivity index (χ3n) is 3.38. The Balaban J connectivity index is 1.91. The van der Waals surface area contributed by atoms with Gasteiger partial charge in [-0.15, -0.1) is 11.3 Å². The minimum atomic E-state index is -0.0963. The molecule has 0 N–H and O–H groups in total. The van der Waals surface area contributed by atoms with E-state index < -0.39 is 0 Å². The Morgan fingerprint density at radius 2 is 2.05 bits per heavy atom. The summed E-state index contributed by atoms with van der Waals surface area (Å²) in [6, 6.07) is 8.90. The number of Topliss-reactive ketones (excluding diaryl/α,β-unsaturated/α-hetero) is 1. The van der Waals surface area contributed by atoms with Crippen molar-refractivity contribution in [1.82, 2.24) is 4.90 Å². The summed E-state index contributed by atoms with van der Waals surface area (Å²) in [4.78, 5) is 26.3. The first kappa shape index (κ1) is 16.2. The quantitative estimate of drug-likeness (QED) is 0.768. The molecule has 0 aliphatic carbocycles. The molecule has 0 saturated heterocycles. The van der Waals surface area contributed by atoms with Crippen LogP contribution >= 0.6 is 11.3 Å². The van der Waals surface area contributed by atoms with Crippen LogP contribution in [-0.4, -0.2) is 30.2 Å². The number of ether oxygens (including phenoxy) is 1. The molecule has 0 aliphatic heterocycles. The Bertz CT molecular complexity index is 678. The molecule has 5 heteroatoms. The lowest BCUT2D eigenvalue weighted by atomic mass is 10.1. The van der Waals surface area contributed by atoms with Crippen LogP contribution in [-0.2, 0) is 11.3 Å². The lowest BCUT2D eigenvalue weighted by Gasteiger charge is -2.17. The van der Waals surface area contributed by atoms with Gasteiger partial charge in [-0.05, 0) is 43.0 Å². The maximum absolute atomic E-state index is 12.1. The minimum absolute atomic E-state index is 0.0259. The van der Waals surface area contributed by atoms with Gasteiger partial charge in [0, 0.05) is 17.5 Å². The van der Waals surface area contributed by atoms with Gasteiger partial charge in [0.25, 0.3) is 5.91 Å². The third-order valence-corrected chi connectivity index (χ3v) is 4.39. The summed E-state index contributed by atoms with van der Waals surface area (Å²) >= 11 is 1.64. The van der Waals surface area contributed by atoms with Crippen LogP contribution < -0.4 is 4.74 Å². The molecule has 0 bridgehead atoms. The average molecular weight is 317 g/mol. The molecular weight excluding hydrogens is 298 g/mol. The van der Waals surface area contributed by atoms with Gasteiger partial charge in [-0.1, -0.05) is 12.1 Å². The van der Waals surface area contributed by atoms with Crippen LogP contribution in [0.15, 0.2) is 35.7 Å². The fourth-order valence-corrected chi connectivity index (χ4v) is 2.89. The molecule has 0 spiro atoms. The predicted molar refractivity (Wildman–Crippen MR) is 87.5 cm³/mol. The molecule has 0 unspecified atom stereocenters. The van der Waals surface area contributed by atoms with E-state index in [0.717, 1.165) is 0 Å². The van der Waals surface area contributed by atoms with Gasteiger partial charge < -0.3 is 9.64 Å². The van der Waals surface area contributed by atoms with Crippen molar-refractivity contribution in [2.75, 3.05) is 13.7 Å². The minimum Gasteiger partial charge on any atom is -0.484 e. The van der Waals surface area contributed by atoms with Gasteiger partial charge in [0.05, 0.1) is 6.54 Å². The average Bonchev–Trinajstić information content (AvgIpc) is 2.90.